The Balaban J connectivity index is 2.60. The number of likely N-dealkylation sites (tertiary alicyclic amines) is 1. The standard InChI is InChI=1S/C21H35N/c1-16(2)10-8-9-11-19(7)14-22-15-20(17(3)4)12-13-21(22)18(5)6/h11,20-21H,1,3,5,8-10,12-15H2,2,4,6-7H3. The van der Waals surface area contributed by atoms with Crippen LogP contribution in [-0.2, 0) is 0 Å². The second-order valence-electron chi connectivity index (χ2n) is 7.31. The Hall–Kier alpha value is -1.08. The van der Waals surface area contributed by atoms with Crippen molar-refractivity contribution in [2.24, 2.45) is 5.92 Å². The number of unbranched alkanes of at least 4 members (excludes halogenated alkanes) is 1. The number of piperidine rings is 1. The van der Waals surface area contributed by atoms with Gasteiger partial charge in [0.1, 0.15) is 0 Å². The van der Waals surface area contributed by atoms with Gasteiger partial charge in [0.25, 0.3) is 0 Å². The van der Waals surface area contributed by atoms with Crippen molar-refractivity contribution in [2.45, 2.75) is 65.8 Å². The number of hydrogen-bond donors (Lipinski definition) is 0. The van der Waals surface area contributed by atoms with Gasteiger partial charge in [-0.25, -0.2) is 0 Å². The van der Waals surface area contributed by atoms with Crippen molar-refractivity contribution in [3.05, 3.63) is 48.1 Å². The molecule has 0 aromatic carbocycles. The monoisotopic (exact) mass is 301 g/mol. The molecular weight excluding hydrogens is 266 g/mol. The smallest absolute Gasteiger partial charge is 0.0306 e. The van der Waals surface area contributed by atoms with E-state index in [9.17, 15) is 0 Å². The summed E-state index contributed by atoms with van der Waals surface area (Å²) in [4.78, 5) is 2.61. The highest BCUT2D eigenvalue weighted by Gasteiger charge is 2.28. The van der Waals surface area contributed by atoms with Crippen LogP contribution in [0.2, 0.25) is 0 Å². The SMILES string of the molecule is C=C(C)CCCC=C(C)CN1CC(C(=C)C)CCC1C(=C)C. The minimum absolute atomic E-state index is 0.536. The molecule has 2 atom stereocenters. The Kier molecular flexibility index (Phi) is 7.89. The van der Waals surface area contributed by atoms with E-state index in [1.165, 1.54) is 41.6 Å². The molecule has 22 heavy (non-hydrogen) atoms. The molecular formula is C21H35N. The Labute approximate surface area is 138 Å². The van der Waals surface area contributed by atoms with E-state index >= 15 is 0 Å². The van der Waals surface area contributed by atoms with Gasteiger partial charge in [-0.3, -0.25) is 4.90 Å². The second-order valence-corrected chi connectivity index (χ2v) is 7.31. The van der Waals surface area contributed by atoms with Gasteiger partial charge < -0.3 is 0 Å². The number of rotatable bonds is 8. The molecule has 1 saturated heterocycles. The van der Waals surface area contributed by atoms with E-state index in [1.54, 1.807) is 0 Å². The van der Waals surface area contributed by atoms with Gasteiger partial charge >= 0.3 is 0 Å². The fraction of sp³-hybridized carbons (Fsp3) is 0.619. The van der Waals surface area contributed by atoms with E-state index in [-0.39, 0.29) is 0 Å². The minimum atomic E-state index is 0.536. The van der Waals surface area contributed by atoms with Crippen LogP contribution in [0.25, 0.3) is 0 Å². The van der Waals surface area contributed by atoms with Gasteiger partial charge in [0.2, 0.25) is 0 Å². The highest BCUT2D eigenvalue weighted by molar-refractivity contribution is 5.12. The fourth-order valence-corrected chi connectivity index (χ4v) is 3.32. The minimum Gasteiger partial charge on any atom is -0.292 e. The zero-order valence-electron chi connectivity index (χ0n) is 15.3. The molecule has 1 aliphatic rings. The third kappa shape index (κ3) is 6.36. The van der Waals surface area contributed by atoms with Gasteiger partial charge in [0.05, 0.1) is 0 Å². The predicted octanol–water partition coefficient (Wildman–Crippen LogP) is 5.91. The first-order valence-corrected chi connectivity index (χ1v) is 8.66. The lowest BCUT2D eigenvalue weighted by atomic mass is 9.86. The summed E-state index contributed by atoms with van der Waals surface area (Å²) in [6.45, 7) is 23.3. The molecule has 124 valence electrons. The summed E-state index contributed by atoms with van der Waals surface area (Å²) < 4.78 is 0. The number of hydrogen-bond acceptors (Lipinski definition) is 1. The quantitative estimate of drug-likeness (QED) is 0.398. The van der Waals surface area contributed by atoms with Crippen molar-refractivity contribution in [1.29, 1.82) is 0 Å². The summed E-state index contributed by atoms with van der Waals surface area (Å²) in [7, 11) is 0. The van der Waals surface area contributed by atoms with Crippen molar-refractivity contribution < 1.29 is 0 Å². The Morgan fingerprint density at radius 3 is 2.27 bits per heavy atom. The summed E-state index contributed by atoms with van der Waals surface area (Å²) in [6, 6.07) is 0.536. The Morgan fingerprint density at radius 1 is 1.05 bits per heavy atom. The maximum Gasteiger partial charge on any atom is 0.0306 e. The van der Waals surface area contributed by atoms with Crippen LogP contribution in [0.15, 0.2) is 48.1 Å². The normalized spacial score (nSPS) is 23.4. The molecule has 0 radical (unpaired) electrons. The summed E-state index contributed by atoms with van der Waals surface area (Å²) in [6.07, 6.45) is 8.39. The van der Waals surface area contributed by atoms with Crippen LogP contribution in [0.1, 0.15) is 59.8 Å². The van der Waals surface area contributed by atoms with Crippen LogP contribution >= 0.6 is 0 Å². The molecule has 0 spiro atoms. The van der Waals surface area contributed by atoms with Crippen LogP contribution < -0.4 is 0 Å². The molecule has 1 heteroatoms. The molecule has 1 fully saturated rings. The molecule has 0 amide bonds. The Morgan fingerprint density at radius 2 is 1.73 bits per heavy atom. The first-order valence-electron chi connectivity index (χ1n) is 8.66. The van der Waals surface area contributed by atoms with Gasteiger partial charge in [-0.2, -0.15) is 0 Å². The molecule has 1 heterocycles. The van der Waals surface area contributed by atoms with Crippen LogP contribution in [0, 0.1) is 5.92 Å². The highest BCUT2D eigenvalue weighted by atomic mass is 15.2. The molecule has 0 aromatic rings. The lowest BCUT2D eigenvalue weighted by Crippen LogP contribution is -2.44. The maximum atomic E-state index is 4.21. The van der Waals surface area contributed by atoms with Gasteiger partial charge in [-0.15, -0.1) is 6.58 Å². The lowest BCUT2D eigenvalue weighted by Gasteiger charge is -2.40. The van der Waals surface area contributed by atoms with E-state index in [0.29, 0.717) is 12.0 Å². The van der Waals surface area contributed by atoms with Crippen LogP contribution in [-0.4, -0.2) is 24.0 Å². The van der Waals surface area contributed by atoms with Crippen LogP contribution in [0.4, 0.5) is 0 Å². The molecule has 0 bridgehead atoms. The third-order valence-corrected chi connectivity index (χ3v) is 4.70. The van der Waals surface area contributed by atoms with Crippen molar-refractivity contribution in [3.8, 4) is 0 Å². The third-order valence-electron chi connectivity index (χ3n) is 4.70. The second kappa shape index (κ2) is 9.15. The topological polar surface area (TPSA) is 3.24 Å². The van der Waals surface area contributed by atoms with Crippen LogP contribution in [0.5, 0.6) is 0 Å². The van der Waals surface area contributed by atoms with Crippen molar-refractivity contribution in [2.75, 3.05) is 13.1 Å². The summed E-state index contributed by atoms with van der Waals surface area (Å²) in [5.41, 5.74) is 5.40. The summed E-state index contributed by atoms with van der Waals surface area (Å²) in [5.74, 6) is 0.645. The molecule has 1 aliphatic heterocycles. The Bertz CT molecular complexity index is 441. The maximum absolute atomic E-state index is 4.21. The zero-order chi connectivity index (χ0) is 16.7. The van der Waals surface area contributed by atoms with Crippen LogP contribution in [0.3, 0.4) is 0 Å². The van der Waals surface area contributed by atoms with Crippen molar-refractivity contribution in [3.63, 3.8) is 0 Å². The summed E-state index contributed by atoms with van der Waals surface area (Å²) in [5, 5.41) is 0. The largest absolute Gasteiger partial charge is 0.292 e. The van der Waals surface area contributed by atoms with E-state index in [2.05, 4.69) is 58.4 Å². The van der Waals surface area contributed by atoms with E-state index in [4.69, 9.17) is 0 Å². The molecule has 0 N–H and O–H groups in total. The molecule has 0 aromatic heterocycles. The molecule has 1 rings (SSSR count). The van der Waals surface area contributed by atoms with E-state index in [1.807, 2.05) is 0 Å². The van der Waals surface area contributed by atoms with Crippen molar-refractivity contribution in [1.82, 2.24) is 4.90 Å². The fourth-order valence-electron chi connectivity index (χ4n) is 3.32. The van der Waals surface area contributed by atoms with E-state index in [0.717, 1.165) is 25.9 Å². The average Bonchev–Trinajstić information content (AvgIpc) is 2.43. The lowest BCUT2D eigenvalue weighted by molar-refractivity contribution is 0.153. The van der Waals surface area contributed by atoms with E-state index < -0.39 is 0 Å². The van der Waals surface area contributed by atoms with Gasteiger partial charge in [-0.1, -0.05) is 41.5 Å². The number of allylic oxidation sites excluding steroid dienone is 2. The van der Waals surface area contributed by atoms with Crippen molar-refractivity contribution >= 4 is 0 Å². The highest BCUT2D eigenvalue weighted by Crippen LogP contribution is 2.29. The first kappa shape index (κ1) is 19.0. The molecule has 1 nitrogen and oxygen atoms in total. The molecule has 0 aliphatic carbocycles. The first-order chi connectivity index (χ1) is 10.3. The van der Waals surface area contributed by atoms with Gasteiger partial charge in [0.15, 0.2) is 0 Å². The predicted molar refractivity (Wildman–Crippen MR) is 100 cm³/mol. The zero-order valence-corrected chi connectivity index (χ0v) is 15.3. The van der Waals surface area contributed by atoms with Gasteiger partial charge in [-0.05, 0) is 65.7 Å². The van der Waals surface area contributed by atoms with Gasteiger partial charge in [0, 0.05) is 19.1 Å². The number of nitrogens with zero attached hydrogens (tertiary/aromatic N) is 1. The summed E-state index contributed by atoms with van der Waals surface area (Å²) >= 11 is 0. The molecule has 0 saturated carbocycles. The molecule has 2 unspecified atom stereocenters. The average molecular weight is 302 g/mol.